The van der Waals surface area contributed by atoms with Gasteiger partial charge in [0.25, 0.3) is 0 Å². The van der Waals surface area contributed by atoms with Crippen LogP contribution in [0.3, 0.4) is 0 Å². The number of morpholine rings is 1. The highest BCUT2D eigenvalue weighted by Crippen LogP contribution is 2.33. The molecule has 1 heterocycles. The molecule has 2 unspecified atom stereocenters. The molecular formula is C15H24ClN3O. The minimum Gasteiger partial charge on any atom is -0.381 e. The number of para-hydroxylation sites is 1. The van der Waals surface area contributed by atoms with E-state index in [1.165, 1.54) is 0 Å². The van der Waals surface area contributed by atoms with Crippen molar-refractivity contribution in [3.05, 3.63) is 23.2 Å². The van der Waals surface area contributed by atoms with Crippen LogP contribution in [0.15, 0.2) is 18.2 Å². The van der Waals surface area contributed by atoms with Gasteiger partial charge >= 0.3 is 0 Å². The second-order valence-electron chi connectivity index (χ2n) is 5.54. The third-order valence-corrected chi connectivity index (χ3v) is 3.78. The monoisotopic (exact) mass is 297 g/mol. The Balaban J connectivity index is 2.00. The zero-order valence-corrected chi connectivity index (χ0v) is 13.2. The quantitative estimate of drug-likeness (QED) is 0.876. The molecule has 2 N–H and O–H groups in total. The summed E-state index contributed by atoms with van der Waals surface area (Å²) in [6.07, 6.45) is 1.03. The predicted molar refractivity (Wildman–Crippen MR) is 86.1 cm³/mol. The summed E-state index contributed by atoms with van der Waals surface area (Å²) >= 11 is 6.29. The first-order valence-corrected chi connectivity index (χ1v) is 7.49. The van der Waals surface area contributed by atoms with E-state index in [0.29, 0.717) is 12.1 Å². The lowest BCUT2D eigenvalue weighted by Crippen LogP contribution is -2.43. The SMILES string of the molecule is CC(CC1COCCN1)Nc1cccc(Cl)c1N(C)C. The topological polar surface area (TPSA) is 36.5 Å². The van der Waals surface area contributed by atoms with E-state index >= 15 is 0 Å². The highest BCUT2D eigenvalue weighted by molar-refractivity contribution is 6.34. The summed E-state index contributed by atoms with van der Waals surface area (Å²) in [5.74, 6) is 0. The average Bonchev–Trinajstić information content (AvgIpc) is 2.39. The predicted octanol–water partition coefficient (Wildman–Crippen LogP) is 2.58. The fraction of sp³-hybridized carbons (Fsp3) is 0.600. The number of nitrogens with zero attached hydrogens (tertiary/aromatic N) is 1. The second-order valence-corrected chi connectivity index (χ2v) is 5.94. The molecular weight excluding hydrogens is 274 g/mol. The van der Waals surface area contributed by atoms with Crippen molar-refractivity contribution in [2.75, 3.05) is 44.1 Å². The van der Waals surface area contributed by atoms with Crippen molar-refractivity contribution in [3.63, 3.8) is 0 Å². The molecule has 1 aromatic carbocycles. The molecule has 0 spiro atoms. The van der Waals surface area contributed by atoms with E-state index in [1.54, 1.807) is 0 Å². The van der Waals surface area contributed by atoms with Crippen molar-refractivity contribution in [1.29, 1.82) is 0 Å². The van der Waals surface area contributed by atoms with Gasteiger partial charge in [-0.05, 0) is 25.5 Å². The van der Waals surface area contributed by atoms with Gasteiger partial charge in [-0.25, -0.2) is 0 Å². The summed E-state index contributed by atoms with van der Waals surface area (Å²) < 4.78 is 5.49. The van der Waals surface area contributed by atoms with Gasteiger partial charge in [0.1, 0.15) is 0 Å². The Hall–Kier alpha value is -0.970. The summed E-state index contributed by atoms with van der Waals surface area (Å²) in [5.41, 5.74) is 2.11. The van der Waals surface area contributed by atoms with E-state index in [-0.39, 0.29) is 0 Å². The molecule has 2 rings (SSSR count). The molecule has 1 saturated heterocycles. The van der Waals surface area contributed by atoms with E-state index in [2.05, 4.69) is 23.6 Å². The van der Waals surface area contributed by atoms with Crippen LogP contribution in [0.1, 0.15) is 13.3 Å². The van der Waals surface area contributed by atoms with Crippen LogP contribution in [0.4, 0.5) is 11.4 Å². The summed E-state index contributed by atoms with van der Waals surface area (Å²) in [4.78, 5) is 2.04. The van der Waals surface area contributed by atoms with Gasteiger partial charge in [-0.1, -0.05) is 17.7 Å². The molecule has 112 valence electrons. The minimum absolute atomic E-state index is 0.353. The number of ether oxygens (including phenoxy) is 1. The molecule has 0 bridgehead atoms. The van der Waals surface area contributed by atoms with E-state index < -0.39 is 0 Å². The maximum absolute atomic E-state index is 6.29. The molecule has 1 aliphatic heterocycles. The van der Waals surface area contributed by atoms with E-state index in [0.717, 1.165) is 42.6 Å². The molecule has 5 heteroatoms. The number of hydrogen-bond donors (Lipinski definition) is 2. The molecule has 20 heavy (non-hydrogen) atoms. The van der Waals surface area contributed by atoms with Gasteiger partial charge in [0.2, 0.25) is 0 Å². The Kier molecular flexibility index (Phi) is 5.52. The van der Waals surface area contributed by atoms with Gasteiger partial charge in [-0.15, -0.1) is 0 Å². The Bertz CT molecular complexity index is 433. The van der Waals surface area contributed by atoms with Crippen LogP contribution in [0.25, 0.3) is 0 Å². The first-order chi connectivity index (χ1) is 9.58. The minimum atomic E-state index is 0.353. The fourth-order valence-electron chi connectivity index (χ4n) is 2.61. The third-order valence-electron chi connectivity index (χ3n) is 3.47. The largest absolute Gasteiger partial charge is 0.381 e. The van der Waals surface area contributed by atoms with Gasteiger partial charge in [0, 0.05) is 32.7 Å². The first kappa shape index (κ1) is 15.4. The van der Waals surface area contributed by atoms with Crippen molar-refractivity contribution in [2.45, 2.75) is 25.4 Å². The van der Waals surface area contributed by atoms with Gasteiger partial charge in [-0.3, -0.25) is 0 Å². The normalized spacial score (nSPS) is 20.5. The molecule has 0 saturated carbocycles. The van der Waals surface area contributed by atoms with Crippen molar-refractivity contribution in [1.82, 2.24) is 5.32 Å². The van der Waals surface area contributed by atoms with Crippen LogP contribution in [0, 0.1) is 0 Å². The molecule has 0 radical (unpaired) electrons. The van der Waals surface area contributed by atoms with Gasteiger partial charge < -0.3 is 20.3 Å². The van der Waals surface area contributed by atoms with Gasteiger partial charge in [0.05, 0.1) is 29.6 Å². The highest BCUT2D eigenvalue weighted by atomic mass is 35.5. The molecule has 0 aromatic heterocycles. The summed E-state index contributed by atoms with van der Waals surface area (Å²) in [6, 6.07) is 6.75. The van der Waals surface area contributed by atoms with Crippen LogP contribution >= 0.6 is 11.6 Å². The van der Waals surface area contributed by atoms with Crippen molar-refractivity contribution in [3.8, 4) is 0 Å². The van der Waals surface area contributed by atoms with E-state index in [4.69, 9.17) is 16.3 Å². The zero-order valence-electron chi connectivity index (χ0n) is 12.4. The molecule has 0 aliphatic carbocycles. The number of benzene rings is 1. The van der Waals surface area contributed by atoms with Crippen LogP contribution in [-0.4, -0.2) is 45.9 Å². The lowest BCUT2D eigenvalue weighted by atomic mass is 10.1. The standard InChI is InChI=1S/C15H24ClN3O/c1-11(9-12-10-20-8-7-17-12)18-14-6-4-5-13(16)15(14)19(2)3/h4-6,11-12,17-18H,7-10H2,1-3H3. The number of rotatable bonds is 5. The molecule has 4 nitrogen and oxygen atoms in total. The summed E-state index contributed by atoms with van der Waals surface area (Å²) in [7, 11) is 4.02. The Morgan fingerprint density at radius 3 is 2.95 bits per heavy atom. The maximum Gasteiger partial charge on any atom is 0.0786 e. The van der Waals surface area contributed by atoms with Crippen molar-refractivity contribution < 1.29 is 4.74 Å². The Morgan fingerprint density at radius 2 is 2.30 bits per heavy atom. The van der Waals surface area contributed by atoms with Crippen LogP contribution < -0.4 is 15.5 Å². The number of anilines is 2. The Labute approximate surface area is 126 Å². The lowest BCUT2D eigenvalue weighted by Gasteiger charge is -2.28. The molecule has 1 aromatic rings. The highest BCUT2D eigenvalue weighted by Gasteiger charge is 2.17. The van der Waals surface area contributed by atoms with Gasteiger partial charge in [-0.2, -0.15) is 0 Å². The van der Waals surface area contributed by atoms with E-state index in [1.807, 2.05) is 31.1 Å². The van der Waals surface area contributed by atoms with Crippen LogP contribution in [0.5, 0.6) is 0 Å². The number of nitrogens with one attached hydrogen (secondary N) is 2. The molecule has 0 amide bonds. The van der Waals surface area contributed by atoms with Crippen molar-refractivity contribution >= 4 is 23.0 Å². The lowest BCUT2D eigenvalue weighted by molar-refractivity contribution is 0.0731. The maximum atomic E-state index is 6.29. The van der Waals surface area contributed by atoms with E-state index in [9.17, 15) is 0 Å². The molecule has 2 atom stereocenters. The second kappa shape index (κ2) is 7.16. The molecule has 1 aliphatic rings. The zero-order chi connectivity index (χ0) is 14.5. The third kappa shape index (κ3) is 4.01. The Morgan fingerprint density at radius 1 is 1.50 bits per heavy atom. The fourth-order valence-corrected chi connectivity index (χ4v) is 2.95. The molecule has 1 fully saturated rings. The smallest absolute Gasteiger partial charge is 0.0786 e. The summed E-state index contributed by atoms with van der Waals surface area (Å²) in [6.45, 7) is 4.74. The van der Waals surface area contributed by atoms with Crippen LogP contribution in [-0.2, 0) is 4.74 Å². The number of halogens is 1. The summed E-state index contributed by atoms with van der Waals surface area (Å²) in [5, 5.41) is 7.81. The average molecular weight is 298 g/mol. The van der Waals surface area contributed by atoms with Crippen LogP contribution in [0.2, 0.25) is 5.02 Å². The first-order valence-electron chi connectivity index (χ1n) is 7.11. The van der Waals surface area contributed by atoms with Crippen molar-refractivity contribution in [2.24, 2.45) is 0 Å². The van der Waals surface area contributed by atoms with Gasteiger partial charge in [0.15, 0.2) is 0 Å². The number of hydrogen-bond acceptors (Lipinski definition) is 4.